The summed E-state index contributed by atoms with van der Waals surface area (Å²) in [4.78, 5) is 2.30. The minimum absolute atomic E-state index is 0.133. The SMILES string of the molecule is COC1CN(CCC(O)c2cc(C)cc(C)c2)CC1OC. The van der Waals surface area contributed by atoms with Crippen molar-refractivity contribution in [2.45, 2.75) is 38.6 Å². The normalized spacial score (nSPS) is 24.4. The molecule has 1 N–H and O–H groups in total. The fraction of sp³-hybridized carbons (Fsp3) is 0.647. The highest BCUT2D eigenvalue weighted by molar-refractivity contribution is 5.29. The number of hydrogen-bond acceptors (Lipinski definition) is 4. The van der Waals surface area contributed by atoms with Crippen LogP contribution in [-0.4, -0.2) is 56.1 Å². The Hall–Kier alpha value is -0.940. The summed E-state index contributed by atoms with van der Waals surface area (Å²) in [5.74, 6) is 0. The molecule has 1 aliphatic heterocycles. The van der Waals surface area contributed by atoms with Gasteiger partial charge in [-0.1, -0.05) is 29.3 Å². The van der Waals surface area contributed by atoms with Gasteiger partial charge >= 0.3 is 0 Å². The summed E-state index contributed by atoms with van der Waals surface area (Å²) in [6, 6.07) is 6.26. The van der Waals surface area contributed by atoms with Crippen molar-refractivity contribution in [1.29, 1.82) is 0 Å². The van der Waals surface area contributed by atoms with Gasteiger partial charge < -0.3 is 14.6 Å². The molecule has 2 rings (SSSR count). The Balaban J connectivity index is 1.88. The van der Waals surface area contributed by atoms with E-state index < -0.39 is 6.10 Å². The van der Waals surface area contributed by atoms with Crippen molar-refractivity contribution in [3.8, 4) is 0 Å². The van der Waals surface area contributed by atoms with E-state index in [1.165, 1.54) is 11.1 Å². The fourth-order valence-electron chi connectivity index (χ4n) is 3.13. The van der Waals surface area contributed by atoms with E-state index in [2.05, 4.69) is 36.9 Å². The van der Waals surface area contributed by atoms with Crippen LogP contribution >= 0.6 is 0 Å². The van der Waals surface area contributed by atoms with Crippen molar-refractivity contribution in [2.24, 2.45) is 0 Å². The molecule has 0 radical (unpaired) electrons. The highest BCUT2D eigenvalue weighted by Gasteiger charge is 2.32. The van der Waals surface area contributed by atoms with Crippen LogP contribution in [0.5, 0.6) is 0 Å². The van der Waals surface area contributed by atoms with Crippen LogP contribution in [0.1, 0.15) is 29.2 Å². The van der Waals surface area contributed by atoms with Crippen LogP contribution in [-0.2, 0) is 9.47 Å². The van der Waals surface area contributed by atoms with E-state index in [0.717, 1.165) is 31.6 Å². The summed E-state index contributed by atoms with van der Waals surface area (Å²) < 4.78 is 10.9. The number of hydrogen-bond donors (Lipinski definition) is 1. The minimum atomic E-state index is -0.411. The number of methoxy groups -OCH3 is 2. The van der Waals surface area contributed by atoms with Gasteiger partial charge in [-0.05, 0) is 25.8 Å². The van der Waals surface area contributed by atoms with Gasteiger partial charge in [-0.2, -0.15) is 0 Å². The van der Waals surface area contributed by atoms with Crippen molar-refractivity contribution < 1.29 is 14.6 Å². The molecule has 21 heavy (non-hydrogen) atoms. The van der Waals surface area contributed by atoms with E-state index in [9.17, 15) is 5.11 Å². The Labute approximate surface area is 127 Å². The van der Waals surface area contributed by atoms with Crippen molar-refractivity contribution >= 4 is 0 Å². The number of benzene rings is 1. The van der Waals surface area contributed by atoms with Crippen LogP contribution in [0.3, 0.4) is 0 Å². The molecule has 1 heterocycles. The number of nitrogens with zero attached hydrogens (tertiary/aromatic N) is 1. The Bertz CT molecular complexity index is 431. The van der Waals surface area contributed by atoms with Crippen LogP contribution in [0.15, 0.2) is 18.2 Å². The van der Waals surface area contributed by atoms with E-state index in [-0.39, 0.29) is 12.2 Å². The predicted octanol–water partition coefficient (Wildman–Crippen LogP) is 2.07. The van der Waals surface area contributed by atoms with Crippen molar-refractivity contribution in [2.75, 3.05) is 33.9 Å². The molecule has 1 saturated heterocycles. The molecule has 1 aromatic rings. The fourth-order valence-corrected chi connectivity index (χ4v) is 3.13. The lowest BCUT2D eigenvalue weighted by atomic mass is 10.0. The van der Waals surface area contributed by atoms with Gasteiger partial charge in [0.1, 0.15) is 0 Å². The van der Waals surface area contributed by atoms with Gasteiger partial charge in [0, 0.05) is 33.9 Å². The zero-order valence-electron chi connectivity index (χ0n) is 13.5. The third kappa shape index (κ3) is 4.27. The quantitative estimate of drug-likeness (QED) is 0.872. The summed E-state index contributed by atoms with van der Waals surface area (Å²) >= 11 is 0. The van der Waals surface area contributed by atoms with Crippen LogP contribution in [0.4, 0.5) is 0 Å². The molecule has 3 unspecified atom stereocenters. The van der Waals surface area contributed by atoms with Crippen LogP contribution in [0.2, 0.25) is 0 Å². The van der Waals surface area contributed by atoms with Gasteiger partial charge in [-0.3, -0.25) is 4.90 Å². The number of likely N-dealkylation sites (tertiary alicyclic amines) is 1. The Morgan fingerprint density at radius 3 is 2.10 bits per heavy atom. The first-order valence-corrected chi connectivity index (χ1v) is 7.57. The Morgan fingerprint density at radius 1 is 1.10 bits per heavy atom. The number of aliphatic hydroxyl groups is 1. The van der Waals surface area contributed by atoms with Crippen molar-refractivity contribution in [3.63, 3.8) is 0 Å². The second kappa shape index (κ2) is 7.36. The second-order valence-electron chi connectivity index (χ2n) is 6.03. The molecule has 1 aliphatic rings. The molecule has 0 aromatic heterocycles. The van der Waals surface area contributed by atoms with Crippen LogP contribution in [0.25, 0.3) is 0 Å². The Morgan fingerprint density at radius 2 is 1.62 bits per heavy atom. The molecule has 0 amide bonds. The largest absolute Gasteiger partial charge is 0.388 e. The summed E-state index contributed by atoms with van der Waals surface area (Å²) in [7, 11) is 3.45. The number of aliphatic hydroxyl groups excluding tert-OH is 1. The van der Waals surface area contributed by atoms with Gasteiger partial charge in [0.05, 0.1) is 18.3 Å². The first kappa shape index (κ1) is 16.4. The van der Waals surface area contributed by atoms with Gasteiger partial charge in [0.15, 0.2) is 0 Å². The molecule has 4 nitrogen and oxygen atoms in total. The molecule has 118 valence electrons. The first-order chi connectivity index (χ1) is 10.0. The molecule has 1 aromatic carbocycles. The van der Waals surface area contributed by atoms with Crippen LogP contribution < -0.4 is 0 Å². The summed E-state index contributed by atoms with van der Waals surface area (Å²) in [6.07, 6.45) is 0.586. The maximum atomic E-state index is 10.4. The monoisotopic (exact) mass is 293 g/mol. The maximum Gasteiger partial charge on any atom is 0.0971 e. The van der Waals surface area contributed by atoms with Gasteiger partial charge in [-0.25, -0.2) is 0 Å². The molecular formula is C17H27NO3. The molecule has 0 saturated carbocycles. The third-order valence-corrected chi connectivity index (χ3v) is 4.24. The zero-order chi connectivity index (χ0) is 15.4. The van der Waals surface area contributed by atoms with E-state index in [4.69, 9.17) is 9.47 Å². The topological polar surface area (TPSA) is 41.9 Å². The van der Waals surface area contributed by atoms with Gasteiger partial charge in [-0.15, -0.1) is 0 Å². The summed E-state index contributed by atoms with van der Waals surface area (Å²) in [5, 5.41) is 10.4. The highest BCUT2D eigenvalue weighted by Crippen LogP contribution is 2.22. The highest BCUT2D eigenvalue weighted by atomic mass is 16.5. The molecule has 0 aliphatic carbocycles. The van der Waals surface area contributed by atoms with E-state index in [1.807, 2.05) is 0 Å². The minimum Gasteiger partial charge on any atom is -0.388 e. The lowest BCUT2D eigenvalue weighted by molar-refractivity contribution is -0.00461. The zero-order valence-corrected chi connectivity index (χ0v) is 13.5. The molecule has 0 spiro atoms. The van der Waals surface area contributed by atoms with Crippen molar-refractivity contribution in [3.05, 3.63) is 34.9 Å². The smallest absolute Gasteiger partial charge is 0.0971 e. The summed E-state index contributed by atoms with van der Waals surface area (Å²) in [6.45, 7) is 6.73. The number of aryl methyl sites for hydroxylation is 2. The number of rotatable bonds is 6. The predicted molar refractivity (Wildman–Crippen MR) is 83.5 cm³/mol. The van der Waals surface area contributed by atoms with Gasteiger partial charge in [0.25, 0.3) is 0 Å². The van der Waals surface area contributed by atoms with E-state index in [0.29, 0.717) is 0 Å². The maximum absolute atomic E-state index is 10.4. The average molecular weight is 293 g/mol. The molecule has 0 bridgehead atoms. The van der Waals surface area contributed by atoms with E-state index >= 15 is 0 Å². The lowest BCUT2D eigenvalue weighted by Gasteiger charge is -2.18. The van der Waals surface area contributed by atoms with Crippen molar-refractivity contribution in [1.82, 2.24) is 4.90 Å². The second-order valence-corrected chi connectivity index (χ2v) is 6.03. The molecule has 4 heteroatoms. The number of ether oxygens (including phenoxy) is 2. The summed E-state index contributed by atoms with van der Waals surface area (Å²) in [5.41, 5.74) is 3.41. The first-order valence-electron chi connectivity index (χ1n) is 7.57. The van der Waals surface area contributed by atoms with E-state index in [1.54, 1.807) is 14.2 Å². The molecule has 1 fully saturated rings. The average Bonchev–Trinajstić information content (AvgIpc) is 2.86. The third-order valence-electron chi connectivity index (χ3n) is 4.24. The standard InChI is InChI=1S/C17H27NO3/c1-12-7-13(2)9-14(8-12)15(19)5-6-18-10-16(20-3)17(11-18)21-4/h7-9,15-17,19H,5-6,10-11H2,1-4H3. The van der Waals surface area contributed by atoms with Gasteiger partial charge in [0.2, 0.25) is 0 Å². The van der Waals surface area contributed by atoms with Crippen LogP contribution in [0, 0.1) is 13.8 Å². The lowest BCUT2D eigenvalue weighted by Crippen LogP contribution is -2.27. The molecule has 3 atom stereocenters. The molecular weight excluding hydrogens is 266 g/mol. The Kier molecular flexibility index (Phi) is 5.76.